The number of rotatable bonds is 6. The van der Waals surface area contributed by atoms with Crippen LogP contribution in [0.1, 0.15) is 24.2 Å². The SMILES string of the molecule is COc1ccccc1-c1nn(-c2ccccc2)cc1C(=O)N1CCN(C(C#N)C(C)C)CC1. The molecule has 7 nitrogen and oxygen atoms in total. The Morgan fingerprint density at radius 1 is 1.03 bits per heavy atom. The van der Waals surface area contributed by atoms with E-state index in [-0.39, 0.29) is 17.9 Å². The summed E-state index contributed by atoms with van der Waals surface area (Å²) in [7, 11) is 1.62. The topological polar surface area (TPSA) is 74.4 Å². The van der Waals surface area contributed by atoms with E-state index >= 15 is 0 Å². The van der Waals surface area contributed by atoms with Crippen molar-refractivity contribution in [1.29, 1.82) is 5.26 Å². The Morgan fingerprint density at radius 3 is 2.33 bits per heavy atom. The second kappa shape index (κ2) is 9.88. The van der Waals surface area contributed by atoms with Gasteiger partial charge in [-0.2, -0.15) is 10.4 Å². The van der Waals surface area contributed by atoms with Crippen LogP contribution in [0.4, 0.5) is 0 Å². The molecule has 1 aliphatic rings. The summed E-state index contributed by atoms with van der Waals surface area (Å²) in [4.78, 5) is 17.7. The average Bonchev–Trinajstić information content (AvgIpc) is 3.30. The van der Waals surface area contributed by atoms with Gasteiger partial charge in [-0.25, -0.2) is 4.68 Å². The fourth-order valence-electron chi connectivity index (χ4n) is 4.31. The smallest absolute Gasteiger partial charge is 0.257 e. The van der Waals surface area contributed by atoms with Gasteiger partial charge in [0, 0.05) is 37.9 Å². The van der Waals surface area contributed by atoms with Gasteiger partial charge in [-0.1, -0.05) is 44.2 Å². The van der Waals surface area contributed by atoms with Crippen LogP contribution in [0.2, 0.25) is 0 Å². The van der Waals surface area contributed by atoms with Crippen molar-refractivity contribution >= 4 is 5.91 Å². The van der Waals surface area contributed by atoms with Gasteiger partial charge in [-0.15, -0.1) is 0 Å². The predicted molar refractivity (Wildman–Crippen MR) is 127 cm³/mol. The maximum Gasteiger partial charge on any atom is 0.257 e. The molecular weight excluding hydrogens is 414 g/mol. The van der Waals surface area contributed by atoms with Crippen molar-refractivity contribution < 1.29 is 9.53 Å². The summed E-state index contributed by atoms with van der Waals surface area (Å²) < 4.78 is 7.30. The minimum absolute atomic E-state index is 0.0595. The highest BCUT2D eigenvalue weighted by molar-refractivity contribution is 6.00. The fraction of sp³-hybridized carbons (Fsp3) is 0.346. The van der Waals surface area contributed by atoms with Gasteiger partial charge in [-0.3, -0.25) is 9.69 Å². The molecular formula is C26H29N5O2. The molecule has 1 unspecified atom stereocenters. The number of aromatic nitrogens is 2. The molecule has 2 aromatic carbocycles. The van der Waals surface area contributed by atoms with Gasteiger partial charge in [0.1, 0.15) is 17.5 Å². The zero-order valence-electron chi connectivity index (χ0n) is 19.3. The molecule has 1 aromatic heterocycles. The summed E-state index contributed by atoms with van der Waals surface area (Å²) in [6, 6.07) is 19.6. The van der Waals surface area contributed by atoms with E-state index in [9.17, 15) is 10.1 Å². The number of benzene rings is 2. The van der Waals surface area contributed by atoms with E-state index in [1.54, 1.807) is 18.0 Å². The molecule has 0 N–H and O–H groups in total. The van der Waals surface area contributed by atoms with E-state index in [0.717, 1.165) is 11.3 Å². The first-order valence-electron chi connectivity index (χ1n) is 11.2. The second-order valence-corrected chi connectivity index (χ2v) is 8.52. The Morgan fingerprint density at radius 2 is 1.70 bits per heavy atom. The van der Waals surface area contributed by atoms with E-state index in [1.165, 1.54) is 0 Å². The molecule has 0 aliphatic carbocycles. The molecule has 33 heavy (non-hydrogen) atoms. The van der Waals surface area contributed by atoms with Crippen LogP contribution in [0.3, 0.4) is 0 Å². The number of piperazine rings is 1. The summed E-state index contributed by atoms with van der Waals surface area (Å²) in [5, 5.41) is 14.3. The van der Waals surface area contributed by atoms with Gasteiger partial charge < -0.3 is 9.64 Å². The Hall–Kier alpha value is -3.63. The third-order valence-electron chi connectivity index (χ3n) is 6.09. The number of hydrogen-bond donors (Lipinski definition) is 0. The minimum Gasteiger partial charge on any atom is -0.496 e. The van der Waals surface area contributed by atoms with Crippen LogP contribution < -0.4 is 4.74 Å². The van der Waals surface area contributed by atoms with Crippen molar-refractivity contribution in [2.24, 2.45) is 5.92 Å². The van der Waals surface area contributed by atoms with Gasteiger partial charge in [0.05, 0.1) is 24.4 Å². The normalized spacial score (nSPS) is 15.3. The number of ether oxygens (including phenoxy) is 1. The van der Waals surface area contributed by atoms with Gasteiger partial charge in [0.15, 0.2) is 0 Å². The van der Waals surface area contributed by atoms with Gasteiger partial charge in [0.2, 0.25) is 0 Å². The number of carbonyl (C=O) groups excluding carboxylic acids is 1. The second-order valence-electron chi connectivity index (χ2n) is 8.52. The van der Waals surface area contributed by atoms with Gasteiger partial charge in [-0.05, 0) is 30.2 Å². The van der Waals surface area contributed by atoms with Crippen LogP contribution in [0.15, 0.2) is 60.8 Å². The molecule has 0 spiro atoms. The van der Waals surface area contributed by atoms with Crippen LogP contribution in [0.25, 0.3) is 16.9 Å². The molecule has 1 fully saturated rings. The number of hydrogen-bond acceptors (Lipinski definition) is 5. The zero-order chi connectivity index (χ0) is 23.4. The molecule has 1 aliphatic heterocycles. The molecule has 7 heteroatoms. The van der Waals surface area contributed by atoms with E-state index in [2.05, 4.69) is 24.8 Å². The summed E-state index contributed by atoms with van der Waals surface area (Å²) >= 11 is 0. The third kappa shape index (κ3) is 4.62. The number of para-hydroxylation sites is 2. The average molecular weight is 444 g/mol. The molecule has 3 aromatic rings. The quantitative estimate of drug-likeness (QED) is 0.578. The van der Waals surface area contributed by atoms with Crippen molar-refractivity contribution in [2.45, 2.75) is 19.9 Å². The van der Waals surface area contributed by atoms with Crippen molar-refractivity contribution in [3.8, 4) is 28.8 Å². The first kappa shape index (κ1) is 22.6. The summed E-state index contributed by atoms with van der Waals surface area (Å²) in [6.45, 7) is 6.63. The Labute approximate surface area is 194 Å². The lowest BCUT2D eigenvalue weighted by Gasteiger charge is -2.38. The first-order chi connectivity index (χ1) is 16.0. The van der Waals surface area contributed by atoms with E-state index in [4.69, 9.17) is 9.84 Å². The van der Waals surface area contributed by atoms with Crippen molar-refractivity contribution in [2.75, 3.05) is 33.3 Å². The highest BCUT2D eigenvalue weighted by Crippen LogP contribution is 2.32. The fourth-order valence-corrected chi connectivity index (χ4v) is 4.31. The van der Waals surface area contributed by atoms with Crippen molar-refractivity contribution in [1.82, 2.24) is 19.6 Å². The maximum atomic E-state index is 13.7. The number of nitrogens with zero attached hydrogens (tertiary/aromatic N) is 5. The van der Waals surface area contributed by atoms with Crippen molar-refractivity contribution in [3.63, 3.8) is 0 Å². The Kier molecular flexibility index (Phi) is 6.76. The molecule has 0 saturated carbocycles. The highest BCUT2D eigenvalue weighted by Gasteiger charge is 2.30. The molecule has 170 valence electrons. The summed E-state index contributed by atoms with van der Waals surface area (Å²) in [5.74, 6) is 0.859. The van der Waals surface area contributed by atoms with Crippen LogP contribution in [0, 0.1) is 17.2 Å². The lowest BCUT2D eigenvalue weighted by Crippen LogP contribution is -2.52. The minimum atomic E-state index is -0.132. The highest BCUT2D eigenvalue weighted by atomic mass is 16.5. The maximum absolute atomic E-state index is 13.7. The van der Waals surface area contributed by atoms with Crippen LogP contribution >= 0.6 is 0 Å². The van der Waals surface area contributed by atoms with Crippen LogP contribution in [0.5, 0.6) is 5.75 Å². The Bertz CT molecular complexity index is 1140. The van der Waals surface area contributed by atoms with E-state index in [1.807, 2.05) is 59.5 Å². The molecule has 0 radical (unpaired) electrons. The van der Waals surface area contributed by atoms with Gasteiger partial charge >= 0.3 is 0 Å². The molecule has 1 amide bonds. The first-order valence-corrected chi connectivity index (χ1v) is 11.2. The molecule has 2 heterocycles. The molecule has 1 atom stereocenters. The van der Waals surface area contributed by atoms with Crippen molar-refractivity contribution in [3.05, 3.63) is 66.4 Å². The lowest BCUT2D eigenvalue weighted by atomic mass is 10.0. The number of nitriles is 1. The molecule has 4 rings (SSSR count). The van der Waals surface area contributed by atoms with Crippen LogP contribution in [-0.2, 0) is 0 Å². The zero-order valence-corrected chi connectivity index (χ0v) is 19.3. The summed E-state index contributed by atoms with van der Waals surface area (Å²) in [6.07, 6.45) is 1.80. The van der Waals surface area contributed by atoms with Gasteiger partial charge in [0.25, 0.3) is 5.91 Å². The lowest BCUT2D eigenvalue weighted by molar-refractivity contribution is 0.0577. The van der Waals surface area contributed by atoms with E-state index < -0.39 is 0 Å². The summed E-state index contributed by atoms with van der Waals surface area (Å²) in [5.41, 5.74) is 2.80. The third-order valence-corrected chi connectivity index (χ3v) is 6.09. The van der Waals surface area contributed by atoms with Crippen LogP contribution in [-0.4, -0.2) is 64.8 Å². The number of carbonyl (C=O) groups is 1. The monoisotopic (exact) mass is 443 g/mol. The molecule has 1 saturated heterocycles. The number of methoxy groups -OCH3 is 1. The van der Waals surface area contributed by atoms with E-state index in [0.29, 0.717) is 43.2 Å². The Balaban J connectivity index is 1.66. The standard InChI is InChI=1S/C26H29N5O2/c1-19(2)23(17-27)29-13-15-30(16-14-29)26(32)22-18-31(20-9-5-4-6-10-20)28-25(22)21-11-7-8-12-24(21)33-3/h4-12,18-19,23H,13-16H2,1-3H3. The molecule has 0 bridgehead atoms. The number of amides is 1. The predicted octanol–water partition coefficient (Wildman–Crippen LogP) is 3.85. The largest absolute Gasteiger partial charge is 0.496 e.